The van der Waals surface area contributed by atoms with E-state index in [1.54, 1.807) is 6.07 Å². The molecular formula is C14H16N4. The highest BCUT2D eigenvalue weighted by molar-refractivity contribution is 5.53. The zero-order chi connectivity index (χ0) is 13.0. The van der Waals surface area contributed by atoms with Crippen LogP contribution in [0.25, 0.3) is 0 Å². The summed E-state index contributed by atoms with van der Waals surface area (Å²) in [4.78, 5) is 2.23. The van der Waals surface area contributed by atoms with Crippen LogP contribution >= 0.6 is 0 Å². The van der Waals surface area contributed by atoms with Crippen LogP contribution in [-0.4, -0.2) is 25.2 Å². The van der Waals surface area contributed by atoms with Crippen molar-refractivity contribution in [3.63, 3.8) is 0 Å². The first-order valence-electron chi connectivity index (χ1n) is 6.11. The number of rotatable bonds is 2. The molecule has 0 radical (unpaired) electrons. The average molecular weight is 240 g/mol. The van der Waals surface area contributed by atoms with E-state index in [1.807, 2.05) is 18.2 Å². The molecule has 0 bridgehead atoms. The summed E-state index contributed by atoms with van der Waals surface area (Å²) in [6.07, 6.45) is 0.497. The van der Waals surface area contributed by atoms with Crippen LogP contribution in [0.15, 0.2) is 24.3 Å². The minimum absolute atomic E-state index is 0.181. The first-order chi connectivity index (χ1) is 8.74. The van der Waals surface area contributed by atoms with Gasteiger partial charge in [-0.05, 0) is 25.1 Å². The van der Waals surface area contributed by atoms with Crippen LogP contribution in [-0.2, 0) is 0 Å². The number of anilines is 1. The second-order valence-corrected chi connectivity index (χ2v) is 4.64. The quantitative estimate of drug-likeness (QED) is 0.853. The number of hydrogen-bond donors (Lipinski definition) is 1. The molecule has 2 rings (SSSR count). The van der Waals surface area contributed by atoms with E-state index in [1.165, 1.54) is 0 Å². The van der Waals surface area contributed by atoms with Gasteiger partial charge in [-0.25, -0.2) is 0 Å². The Morgan fingerprint density at radius 1 is 1.44 bits per heavy atom. The van der Waals surface area contributed by atoms with Crippen molar-refractivity contribution in [2.24, 2.45) is 0 Å². The summed E-state index contributed by atoms with van der Waals surface area (Å²) in [6, 6.07) is 12.6. The summed E-state index contributed by atoms with van der Waals surface area (Å²) in [6.45, 7) is 3.80. The smallest absolute Gasteiger partial charge is 0.0992 e. The van der Waals surface area contributed by atoms with E-state index in [0.29, 0.717) is 18.0 Å². The Morgan fingerprint density at radius 3 is 3.00 bits per heavy atom. The standard InChI is InChI=1S/C14H16N4/c1-11-10-18(14(5-6-15)9-17-11)13-4-2-3-12(7-13)8-16/h2-4,7,11,14,17H,5,9-10H2,1H3. The fourth-order valence-corrected chi connectivity index (χ4v) is 2.31. The van der Waals surface area contributed by atoms with Gasteiger partial charge in [0.15, 0.2) is 0 Å². The van der Waals surface area contributed by atoms with Gasteiger partial charge in [0.1, 0.15) is 0 Å². The topological polar surface area (TPSA) is 62.9 Å². The number of piperazine rings is 1. The summed E-state index contributed by atoms with van der Waals surface area (Å²) in [5.41, 5.74) is 1.69. The Hall–Kier alpha value is -2.04. The van der Waals surface area contributed by atoms with Gasteiger partial charge in [0.2, 0.25) is 0 Å². The van der Waals surface area contributed by atoms with Crippen LogP contribution in [0.5, 0.6) is 0 Å². The lowest BCUT2D eigenvalue weighted by Crippen LogP contribution is -2.55. The number of nitrogens with one attached hydrogen (secondary N) is 1. The predicted molar refractivity (Wildman–Crippen MR) is 70.0 cm³/mol. The molecule has 0 amide bonds. The maximum absolute atomic E-state index is 8.95. The molecule has 0 aromatic heterocycles. The van der Waals surface area contributed by atoms with Crippen molar-refractivity contribution < 1.29 is 0 Å². The van der Waals surface area contributed by atoms with E-state index in [-0.39, 0.29) is 6.04 Å². The van der Waals surface area contributed by atoms with Gasteiger partial charge in [0.25, 0.3) is 0 Å². The van der Waals surface area contributed by atoms with Crippen molar-refractivity contribution in [1.29, 1.82) is 10.5 Å². The van der Waals surface area contributed by atoms with Gasteiger partial charge in [-0.2, -0.15) is 10.5 Å². The third-order valence-electron chi connectivity index (χ3n) is 3.25. The molecule has 1 heterocycles. The van der Waals surface area contributed by atoms with Gasteiger partial charge in [0, 0.05) is 24.8 Å². The van der Waals surface area contributed by atoms with Crippen LogP contribution in [0.1, 0.15) is 18.9 Å². The molecule has 1 aromatic carbocycles. The lowest BCUT2D eigenvalue weighted by Gasteiger charge is -2.40. The minimum Gasteiger partial charge on any atom is -0.365 e. The third-order valence-corrected chi connectivity index (χ3v) is 3.25. The zero-order valence-electron chi connectivity index (χ0n) is 10.4. The Kier molecular flexibility index (Phi) is 3.82. The monoisotopic (exact) mass is 240 g/mol. The second kappa shape index (κ2) is 5.53. The van der Waals surface area contributed by atoms with Crippen LogP contribution in [0, 0.1) is 22.7 Å². The summed E-state index contributed by atoms with van der Waals surface area (Å²) < 4.78 is 0. The van der Waals surface area contributed by atoms with E-state index >= 15 is 0 Å². The highest BCUT2D eigenvalue weighted by Crippen LogP contribution is 2.22. The predicted octanol–water partition coefficient (Wildman–Crippen LogP) is 1.64. The largest absolute Gasteiger partial charge is 0.365 e. The number of nitriles is 2. The molecule has 1 N–H and O–H groups in total. The van der Waals surface area contributed by atoms with Crippen molar-refractivity contribution >= 4 is 5.69 Å². The summed E-state index contributed by atoms with van der Waals surface area (Å²) in [5.74, 6) is 0. The summed E-state index contributed by atoms with van der Waals surface area (Å²) in [7, 11) is 0. The molecule has 2 unspecified atom stereocenters. The fraction of sp³-hybridized carbons (Fsp3) is 0.429. The van der Waals surface area contributed by atoms with Gasteiger partial charge in [0.05, 0.1) is 30.2 Å². The zero-order valence-corrected chi connectivity index (χ0v) is 10.4. The molecule has 1 aromatic rings. The molecule has 1 aliphatic rings. The Labute approximate surface area is 107 Å². The van der Waals surface area contributed by atoms with E-state index in [2.05, 4.69) is 29.3 Å². The summed E-state index contributed by atoms with van der Waals surface area (Å²) in [5, 5.41) is 21.2. The molecule has 0 aliphatic carbocycles. The fourth-order valence-electron chi connectivity index (χ4n) is 2.31. The van der Waals surface area contributed by atoms with Crippen LogP contribution < -0.4 is 10.2 Å². The molecule has 1 aliphatic heterocycles. The maximum Gasteiger partial charge on any atom is 0.0992 e. The molecule has 4 heteroatoms. The second-order valence-electron chi connectivity index (χ2n) is 4.64. The van der Waals surface area contributed by atoms with Gasteiger partial charge < -0.3 is 10.2 Å². The van der Waals surface area contributed by atoms with E-state index in [4.69, 9.17) is 10.5 Å². The first kappa shape index (κ1) is 12.4. The van der Waals surface area contributed by atoms with Crippen molar-refractivity contribution in [1.82, 2.24) is 5.32 Å². The van der Waals surface area contributed by atoms with Gasteiger partial charge in [-0.15, -0.1) is 0 Å². The highest BCUT2D eigenvalue weighted by Gasteiger charge is 2.25. The van der Waals surface area contributed by atoms with E-state index < -0.39 is 0 Å². The highest BCUT2D eigenvalue weighted by atomic mass is 15.2. The molecule has 0 saturated carbocycles. The molecule has 4 nitrogen and oxygen atoms in total. The van der Waals surface area contributed by atoms with Gasteiger partial charge in [-0.1, -0.05) is 6.07 Å². The number of nitrogens with zero attached hydrogens (tertiary/aromatic N) is 3. The van der Waals surface area contributed by atoms with Crippen molar-refractivity contribution in [2.45, 2.75) is 25.4 Å². The van der Waals surface area contributed by atoms with Gasteiger partial charge in [-0.3, -0.25) is 0 Å². The molecule has 0 spiro atoms. The SMILES string of the molecule is CC1CN(c2cccc(C#N)c2)C(CC#N)CN1. The number of benzene rings is 1. The lowest BCUT2D eigenvalue weighted by atomic mass is 10.1. The van der Waals surface area contributed by atoms with Crippen LogP contribution in [0.4, 0.5) is 5.69 Å². The Bertz CT molecular complexity index is 497. The number of hydrogen-bond acceptors (Lipinski definition) is 4. The minimum atomic E-state index is 0.181. The van der Waals surface area contributed by atoms with Crippen molar-refractivity contribution in [3.8, 4) is 12.1 Å². The summed E-state index contributed by atoms with van der Waals surface area (Å²) >= 11 is 0. The Balaban J connectivity index is 2.26. The molecule has 1 fully saturated rings. The first-order valence-corrected chi connectivity index (χ1v) is 6.11. The van der Waals surface area contributed by atoms with Crippen LogP contribution in [0.2, 0.25) is 0 Å². The van der Waals surface area contributed by atoms with E-state index in [9.17, 15) is 0 Å². The lowest BCUT2D eigenvalue weighted by molar-refractivity contribution is 0.412. The van der Waals surface area contributed by atoms with Crippen LogP contribution in [0.3, 0.4) is 0 Å². The van der Waals surface area contributed by atoms with Crippen molar-refractivity contribution in [2.75, 3.05) is 18.0 Å². The maximum atomic E-state index is 8.95. The normalized spacial score (nSPS) is 23.2. The molecule has 2 atom stereocenters. The molecular weight excluding hydrogens is 224 g/mol. The molecule has 18 heavy (non-hydrogen) atoms. The molecule has 92 valence electrons. The molecule has 1 saturated heterocycles. The van der Waals surface area contributed by atoms with Crippen molar-refractivity contribution in [3.05, 3.63) is 29.8 Å². The average Bonchev–Trinajstić information content (AvgIpc) is 2.41. The Morgan fingerprint density at radius 2 is 2.28 bits per heavy atom. The van der Waals surface area contributed by atoms with E-state index in [0.717, 1.165) is 18.8 Å². The van der Waals surface area contributed by atoms with Gasteiger partial charge >= 0.3 is 0 Å². The third kappa shape index (κ3) is 2.61.